The lowest BCUT2D eigenvalue weighted by Gasteiger charge is -2.20. The van der Waals surface area contributed by atoms with E-state index in [9.17, 15) is 18.0 Å². The number of thiocarbonyl (C=S) groups is 1. The summed E-state index contributed by atoms with van der Waals surface area (Å²) in [6.07, 6.45) is 3.49. The van der Waals surface area contributed by atoms with Crippen molar-refractivity contribution < 1.29 is 18.0 Å². The summed E-state index contributed by atoms with van der Waals surface area (Å²) in [7, 11) is -3.81. The van der Waals surface area contributed by atoms with Gasteiger partial charge in [-0.3, -0.25) is 9.93 Å². The van der Waals surface area contributed by atoms with Gasteiger partial charge in [0.2, 0.25) is 0 Å². The molecule has 0 bridgehead atoms. The fourth-order valence-electron chi connectivity index (χ4n) is 2.15. The number of sulfonamides is 1. The molecule has 0 spiro atoms. The number of anilines is 1. The van der Waals surface area contributed by atoms with Gasteiger partial charge in [-0.05, 0) is 55.8 Å². The molecule has 0 saturated heterocycles. The maximum absolute atomic E-state index is 13.0. The lowest BCUT2D eigenvalue weighted by Crippen LogP contribution is -2.31. The van der Waals surface area contributed by atoms with Crippen LogP contribution in [0, 0.1) is 5.82 Å². The van der Waals surface area contributed by atoms with Gasteiger partial charge in [0.05, 0.1) is 10.9 Å². The van der Waals surface area contributed by atoms with Crippen molar-refractivity contribution in [2.45, 2.75) is 24.8 Å². The third-order valence-corrected chi connectivity index (χ3v) is 5.12. The van der Waals surface area contributed by atoms with Crippen LogP contribution in [0.4, 0.5) is 10.1 Å². The first kappa shape index (κ1) is 20.0. The Hall–Kier alpha value is -2.29. The molecule has 0 aliphatic carbocycles. The Labute approximate surface area is 157 Å². The highest BCUT2D eigenvalue weighted by atomic mass is 32.2. The molecule has 0 fully saturated rings. The van der Waals surface area contributed by atoms with Gasteiger partial charge in [-0.2, -0.15) is 0 Å². The summed E-state index contributed by atoms with van der Waals surface area (Å²) in [4.78, 5) is 0.323. The summed E-state index contributed by atoms with van der Waals surface area (Å²) in [5.74, 6) is -0.505. The van der Waals surface area contributed by atoms with E-state index in [1.807, 2.05) is 0 Å². The molecule has 5 nitrogen and oxygen atoms in total. The molecular formula is C18H19FN2O3S2. The van der Waals surface area contributed by atoms with Gasteiger partial charge in [-0.15, -0.1) is 0 Å². The second-order valence-electron chi connectivity index (χ2n) is 5.65. The molecule has 0 saturated carbocycles. The van der Waals surface area contributed by atoms with Gasteiger partial charge in [0.25, 0.3) is 10.0 Å². The molecule has 2 N–H and O–H groups in total. The molecule has 0 aliphatic rings. The fourth-order valence-corrected chi connectivity index (χ4v) is 3.37. The topological polar surface area (TPSA) is 69.6 Å². The van der Waals surface area contributed by atoms with E-state index in [1.165, 1.54) is 12.1 Å². The van der Waals surface area contributed by atoms with Gasteiger partial charge >= 0.3 is 0 Å². The van der Waals surface area contributed by atoms with E-state index < -0.39 is 15.8 Å². The van der Waals surface area contributed by atoms with Gasteiger partial charge in [-0.1, -0.05) is 36.5 Å². The maximum Gasteiger partial charge on any atom is 0.261 e. The number of hydroxylamine groups is 2. The van der Waals surface area contributed by atoms with Crippen LogP contribution in [0.15, 0.2) is 59.5 Å². The van der Waals surface area contributed by atoms with Crippen molar-refractivity contribution in [1.82, 2.24) is 5.06 Å². The quantitative estimate of drug-likeness (QED) is 0.571. The molecule has 138 valence electrons. The Bertz CT molecular complexity index is 912. The van der Waals surface area contributed by atoms with Crippen LogP contribution < -0.4 is 4.72 Å². The summed E-state index contributed by atoms with van der Waals surface area (Å²) in [5, 5.41) is 10.7. The van der Waals surface area contributed by atoms with Crippen molar-refractivity contribution in [3.05, 3.63) is 66.0 Å². The lowest BCUT2D eigenvalue weighted by molar-refractivity contribution is -0.0305. The molecule has 8 heteroatoms. The summed E-state index contributed by atoms with van der Waals surface area (Å²) in [5.41, 5.74) is 1.11. The van der Waals surface area contributed by atoms with Crippen LogP contribution in [0.2, 0.25) is 0 Å². The molecule has 26 heavy (non-hydrogen) atoms. The second kappa shape index (κ2) is 8.39. The highest BCUT2D eigenvalue weighted by Gasteiger charge is 2.14. The predicted molar refractivity (Wildman–Crippen MR) is 104 cm³/mol. The molecule has 2 rings (SSSR count). The molecule has 0 aromatic heterocycles. The van der Waals surface area contributed by atoms with Gasteiger partial charge in [0.15, 0.2) is 0 Å². The van der Waals surface area contributed by atoms with E-state index >= 15 is 0 Å². The lowest BCUT2D eigenvalue weighted by atomic mass is 10.1. The number of hydrogen-bond acceptors (Lipinski definition) is 4. The van der Waals surface area contributed by atoms with Crippen molar-refractivity contribution in [2.24, 2.45) is 0 Å². The van der Waals surface area contributed by atoms with Gasteiger partial charge in [0, 0.05) is 5.69 Å². The van der Waals surface area contributed by atoms with Crippen molar-refractivity contribution in [3.63, 3.8) is 0 Å². The smallest absolute Gasteiger partial charge is 0.261 e. The second-order valence-corrected chi connectivity index (χ2v) is 7.92. The Kier molecular flexibility index (Phi) is 6.47. The van der Waals surface area contributed by atoms with Crippen LogP contribution in [-0.4, -0.2) is 29.7 Å². The largest absolute Gasteiger partial charge is 0.287 e. The summed E-state index contributed by atoms with van der Waals surface area (Å²) in [6.45, 7) is 3.39. The van der Waals surface area contributed by atoms with E-state index in [0.29, 0.717) is 10.7 Å². The van der Waals surface area contributed by atoms with Crippen LogP contribution in [0.1, 0.15) is 19.4 Å². The van der Waals surface area contributed by atoms with Crippen LogP contribution in [-0.2, 0) is 10.0 Å². The molecule has 1 atom stereocenters. The first-order valence-corrected chi connectivity index (χ1v) is 9.63. The molecule has 0 aliphatic heterocycles. The Balaban J connectivity index is 2.16. The third-order valence-electron chi connectivity index (χ3n) is 3.54. The number of benzene rings is 2. The minimum atomic E-state index is -3.81. The van der Waals surface area contributed by atoms with E-state index in [1.54, 1.807) is 50.3 Å². The molecular weight excluding hydrogens is 375 g/mol. The third kappa shape index (κ3) is 5.35. The summed E-state index contributed by atoms with van der Waals surface area (Å²) in [6, 6.07) is 11.0. The Morgan fingerprint density at radius 2 is 1.92 bits per heavy atom. The first-order chi connectivity index (χ1) is 12.2. The van der Waals surface area contributed by atoms with E-state index in [-0.39, 0.29) is 10.9 Å². The number of nitrogens with zero attached hydrogens (tertiary/aromatic N) is 1. The fraction of sp³-hybridized carbons (Fsp3) is 0.167. The number of rotatable bonds is 6. The zero-order chi connectivity index (χ0) is 19.3. The molecule has 2 aromatic carbocycles. The van der Waals surface area contributed by atoms with E-state index in [0.717, 1.165) is 22.8 Å². The SMILES string of the molecule is CC(=S)N(O)C(C)/C=C/c1cccc(NS(=O)(=O)c2ccc(F)cc2)c1. The zero-order valence-corrected chi connectivity index (χ0v) is 15.9. The highest BCUT2D eigenvalue weighted by Crippen LogP contribution is 2.18. The predicted octanol–water partition coefficient (Wildman–Crippen LogP) is 4.07. The Morgan fingerprint density at radius 1 is 1.27 bits per heavy atom. The van der Waals surface area contributed by atoms with Crippen LogP contribution in [0.25, 0.3) is 6.08 Å². The molecule has 0 heterocycles. The van der Waals surface area contributed by atoms with Crippen LogP contribution >= 0.6 is 12.2 Å². The van der Waals surface area contributed by atoms with E-state index in [2.05, 4.69) is 4.72 Å². The first-order valence-electron chi connectivity index (χ1n) is 7.74. The summed E-state index contributed by atoms with van der Waals surface area (Å²) >= 11 is 4.90. The summed E-state index contributed by atoms with van der Waals surface area (Å²) < 4.78 is 40.1. The minimum absolute atomic E-state index is 0.0270. The monoisotopic (exact) mass is 394 g/mol. The van der Waals surface area contributed by atoms with Crippen LogP contribution in [0.5, 0.6) is 0 Å². The van der Waals surface area contributed by atoms with Crippen molar-refractivity contribution in [2.75, 3.05) is 4.72 Å². The maximum atomic E-state index is 13.0. The average Bonchev–Trinajstić information content (AvgIpc) is 2.59. The number of nitrogens with one attached hydrogen (secondary N) is 1. The minimum Gasteiger partial charge on any atom is -0.287 e. The van der Waals surface area contributed by atoms with Gasteiger partial charge < -0.3 is 0 Å². The zero-order valence-electron chi connectivity index (χ0n) is 14.3. The van der Waals surface area contributed by atoms with Crippen molar-refractivity contribution in [3.8, 4) is 0 Å². The van der Waals surface area contributed by atoms with Gasteiger partial charge in [-0.25, -0.2) is 17.9 Å². The number of hydrogen-bond donors (Lipinski definition) is 2. The Morgan fingerprint density at radius 3 is 2.54 bits per heavy atom. The molecule has 1 unspecified atom stereocenters. The van der Waals surface area contributed by atoms with Crippen LogP contribution in [0.3, 0.4) is 0 Å². The number of halogens is 1. The highest BCUT2D eigenvalue weighted by molar-refractivity contribution is 7.92. The molecule has 0 radical (unpaired) electrons. The molecule has 2 aromatic rings. The van der Waals surface area contributed by atoms with E-state index in [4.69, 9.17) is 12.2 Å². The van der Waals surface area contributed by atoms with Crippen molar-refractivity contribution in [1.29, 1.82) is 0 Å². The molecule has 0 amide bonds. The van der Waals surface area contributed by atoms with Crippen molar-refractivity contribution >= 4 is 39.0 Å². The standard InChI is InChI=1S/C18H19FN2O3S2/c1-13(21(22)14(2)25)6-7-15-4-3-5-17(12-15)20-26(23,24)18-10-8-16(19)9-11-18/h3-13,20,22H,1-2H3/b7-6+. The van der Waals surface area contributed by atoms with Gasteiger partial charge in [0.1, 0.15) is 10.8 Å². The average molecular weight is 394 g/mol. The normalized spacial score (nSPS) is 12.8.